The molecule has 0 aliphatic carbocycles. The first kappa shape index (κ1) is 16.3. The molecule has 3 aromatic rings. The Bertz CT molecular complexity index is 1020. The second-order valence-corrected chi connectivity index (χ2v) is 7.01. The molecule has 0 bridgehead atoms. The van der Waals surface area contributed by atoms with Gasteiger partial charge in [0, 0.05) is 12.0 Å². The Morgan fingerprint density at radius 1 is 1.04 bits per heavy atom. The molecule has 0 saturated carbocycles. The van der Waals surface area contributed by atoms with Gasteiger partial charge < -0.3 is 9.47 Å². The van der Waals surface area contributed by atoms with Crippen molar-refractivity contribution in [3.8, 4) is 5.69 Å². The van der Waals surface area contributed by atoms with Gasteiger partial charge in [0.1, 0.15) is 12.4 Å². The van der Waals surface area contributed by atoms with Gasteiger partial charge in [-0.15, -0.1) is 10.2 Å². The molecule has 2 aromatic carbocycles. The maximum absolute atomic E-state index is 5.98. The predicted molar refractivity (Wildman–Crippen MR) is 102 cm³/mol. The molecule has 1 aromatic heterocycles. The molecule has 0 radical (unpaired) electrons. The third-order valence-electron chi connectivity index (χ3n) is 5.30. The number of ether oxygens (including phenoxy) is 2. The normalized spacial score (nSPS) is 15.5. The van der Waals surface area contributed by atoms with E-state index in [1.54, 1.807) is 0 Å². The fourth-order valence-electron chi connectivity index (χ4n) is 4.00. The number of fused-ring (bicyclic) bond motifs is 3. The molecule has 0 fully saturated rings. The molecule has 2 aliphatic rings. The zero-order valence-corrected chi connectivity index (χ0v) is 15.3. The first-order valence-corrected chi connectivity index (χ1v) is 9.30. The fraction of sp³-hybridized carbons (Fsp3) is 0.273. The minimum Gasteiger partial charge on any atom is -0.501 e. The summed E-state index contributed by atoms with van der Waals surface area (Å²) in [4.78, 5) is 0. The average Bonchev–Trinajstić information content (AvgIpc) is 3.30. The molecule has 3 heterocycles. The van der Waals surface area contributed by atoms with Crippen LogP contribution in [0.25, 0.3) is 11.3 Å². The van der Waals surface area contributed by atoms with Crippen molar-refractivity contribution >= 4 is 5.57 Å². The first-order chi connectivity index (χ1) is 13.3. The van der Waals surface area contributed by atoms with E-state index in [2.05, 4.69) is 57.2 Å². The summed E-state index contributed by atoms with van der Waals surface area (Å²) < 4.78 is 13.6. The van der Waals surface area contributed by atoms with Crippen LogP contribution < -0.4 is 0 Å². The Labute approximate surface area is 158 Å². The minimum absolute atomic E-state index is 0.474. The minimum atomic E-state index is 0.474. The largest absolute Gasteiger partial charge is 0.501 e. The Hall–Kier alpha value is -2.92. The smallest absolute Gasteiger partial charge is 0.163 e. The van der Waals surface area contributed by atoms with Crippen molar-refractivity contribution in [2.24, 2.45) is 0 Å². The predicted octanol–water partition coefficient (Wildman–Crippen LogP) is 3.96. The van der Waals surface area contributed by atoms with Gasteiger partial charge in [-0.1, -0.05) is 36.4 Å². The van der Waals surface area contributed by atoms with Gasteiger partial charge in [-0.3, -0.25) is 4.57 Å². The molecule has 2 aliphatic heterocycles. The molecule has 0 saturated heterocycles. The van der Waals surface area contributed by atoms with Crippen LogP contribution >= 0.6 is 0 Å². The third-order valence-corrected chi connectivity index (χ3v) is 5.30. The Kier molecular flexibility index (Phi) is 4.02. The number of aromatic nitrogens is 3. The highest BCUT2D eigenvalue weighted by Crippen LogP contribution is 2.35. The highest BCUT2D eigenvalue weighted by Gasteiger charge is 2.24. The SMILES string of the molecule is Cc1nnc2n1-c1ccc(C3=COCC3)c(Cc3ccccc3)c1COC2. The van der Waals surface area contributed by atoms with E-state index in [9.17, 15) is 0 Å². The number of hydrogen-bond donors (Lipinski definition) is 0. The maximum atomic E-state index is 5.98. The third kappa shape index (κ3) is 2.84. The first-order valence-electron chi connectivity index (χ1n) is 9.30. The summed E-state index contributed by atoms with van der Waals surface area (Å²) in [6, 6.07) is 15.0. The van der Waals surface area contributed by atoms with E-state index in [1.807, 2.05) is 13.2 Å². The van der Waals surface area contributed by atoms with Gasteiger partial charge in [0.05, 0.1) is 25.2 Å². The molecular formula is C22H21N3O2. The molecular weight excluding hydrogens is 338 g/mol. The van der Waals surface area contributed by atoms with E-state index in [1.165, 1.54) is 27.8 Å². The quantitative estimate of drug-likeness (QED) is 0.710. The van der Waals surface area contributed by atoms with Crippen LogP contribution in [0.15, 0.2) is 48.7 Å². The molecule has 0 N–H and O–H groups in total. The second kappa shape index (κ2) is 6.67. The number of hydrogen-bond acceptors (Lipinski definition) is 4. The van der Waals surface area contributed by atoms with Gasteiger partial charge in [-0.25, -0.2) is 0 Å². The Morgan fingerprint density at radius 2 is 1.93 bits per heavy atom. The van der Waals surface area contributed by atoms with Crippen molar-refractivity contribution in [2.75, 3.05) is 6.61 Å². The lowest BCUT2D eigenvalue weighted by molar-refractivity contribution is 0.104. The standard InChI is InChI=1S/C22H21N3O2/c1-15-23-24-22-14-27-13-20-19(11-16-5-3-2-4-6-16)18(17-9-10-26-12-17)7-8-21(20)25(15)22/h2-8,12H,9-11,13-14H2,1H3. The molecule has 0 atom stereocenters. The van der Waals surface area contributed by atoms with Crippen molar-refractivity contribution in [3.63, 3.8) is 0 Å². The zero-order valence-electron chi connectivity index (χ0n) is 15.3. The van der Waals surface area contributed by atoms with Gasteiger partial charge in [0.15, 0.2) is 5.82 Å². The van der Waals surface area contributed by atoms with Crippen LogP contribution in [0.5, 0.6) is 0 Å². The molecule has 5 heteroatoms. The van der Waals surface area contributed by atoms with Gasteiger partial charge in [0.2, 0.25) is 0 Å². The summed E-state index contributed by atoms with van der Waals surface area (Å²) in [6.45, 7) is 3.79. The van der Waals surface area contributed by atoms with Crippen molar-refractivity contribution in [1.82, 2.24) is 14.8 Å². The summed E-state index contributed by atoms with van der Waals surface area (Å²) in [5, 5.41) is 8.54. The number of benzene rings is 2. The molecule has 136 valence electrons. The van der Waals surface area contributed by atoms with E-state index >= 15 is 0 Å². The molecule has 27 heavy (non-hydrogen) atoms. The topological polar surface area (TPSA) is 49.2 Å². The van der Waals surface area contributed by atoms with Crippen LogP contribution in [0.2, 0.25) is 0 Å². The van der Waals surface area contributed by atoms with E-state index < -0.39 is 0 Å². The maximum Gasteiger partial charge on any atom is 0.163 e. The summed E-state index contributed by atoms with van der Waals surface area (Å²) in [7, 11) is 0. The van der Waals surface area contributed by atoms with Crippen LogP contribution in [0.4, 0.5) is 0 Å². The van der Waals surface area contributed by atoms with Gasteiger partial charge >= 0.3 is 0 Å². The van der Waals surface area contributed by atoms with Crippen molar-refractivity contribution < 1.29 is 9.47 Å². The fourth-order valence-corrected chi connectivity index (χ4v) is 4.00. The monoisotopic (exact) mass is 359 g/mol. The van der Waals surface area contributed by atoms with Crippen molar-refractivity contribution in [2.45, 2.75) is 33.0 Å². The molecule has 5 nitrogen and oxygen atoms in total. The van der Waals surface area contributed by atoms with E-state index in [4.69, 9.17) is 9.47 Å². The lowest BCUT2D eigenvalue weighted by atomic mass is 9.89. The van der Waals surface area contributed by atoms with Gasteiger partial charge in [-0.05, 0) is 41.7 Å². The summed E-state index contributed by atoms with van der Waals surface area (Å²) >= 11 is 0. The van der Waals surface area contributed by atoms with Gasteiger partial charge in [-0.2, -0.15) is 0 Å². The van der Waals surface area contributed by atoms with Crippen LogP contribution in [-0.4, -0.2) is 21.4 Å². The lowest BCUT2D eigenvalue weighted by Crippen LogP contribution is -2.08. The van der Waals surface area contributed by atoms with Crippen molar-refractivity contribution in [1.29, 1.82) is 0 Å². The van der Waals surface area contributed by atoms with Crippen LogP contribution in [0, 0.1) is 6.92 Å². The van der Waals surface area contributed by atoms with Crippen LogP contribution in [0.1, 0.15) is 40.3 Å². The van der Waals surface area contributed by atoms with Crippen LogP contribution in [0.3, 0.4) is 0 Å². The molecule has 0 unspecified atom stereocenters. The highest BCUT2D eigenvalue weighted by atomic mass is 16.5. The van der Waals surface area contributed by atoms with Gasteiger partial charge in [0.25, 0.3) is 0 Å². The Balaban J connectivity index is 1.72. The summed E-state index contributed by atoms with van der Waals surface area (Å²) in [5.41, 5.74) is 7.44. The van der Waals surface area contributed by atoms with E-state index in [-0.39, 0.29) is 0 Å². The molecule has 0 spiro atoms. The lowest BCUT2D eigenvalue weighted by Gasteiger charge is -2.19. The average molecular weight is 359 g/mol. The number of rotatable bonds is 3. The highest BCUT2D eigenvalue weighted by molar-refractivity contribution is 5.72. The second-order valence-electron chi connectivity index (χ2n) is 7.01. The summed E-state index contributed by atoms with van der Waals surface area (Å²) in [6.07, 6.45) is 3.71. The van der Waals surface area contributed by atoms with Crippen LogP contribution in [-0.2, 0) is 29.1 Å². The zero-order chi connectivity index (χ0) is 18.2. The molecule has 5 rings (SSSR count). The Morgan fingerprint density at radius 3 is 2.74 bits per heavy atom. The summed E-state index contributed by atoms with van der Waals surface area (Å²) in [5.74, 6) is 1.74. The molecule has 0 amide bonds. The van der Waals surface area contributed by atoms with E-state index in [0.29, 0.717) is 13.2 Å². The number of aryl methyl sites for hydroxylation is 1. The van der Waals surface area contributed by atoms with E-state index in [0.717, 1.165) is 36.8 Å². The van der Waals surface area contributed by atoms with Crippen molar-refractivity contribution in [3.05, 3.63) is 82.6 Å². The number of nitrogens with zero attached hydrogens (tertiary/aromatic N) is 3.